The number of rotatable bonds is 4. The van der Waals surface area contributed by atoms with Crippen molar-refractivity contribution in [3.05, 3.63) is 23.0 Å². The first-order valence-corrected chi connectivity index (χ1v) is 9.77. The third-order valence-electron chi connectivity index (χ3n) is 5.89. The molecule has 9 heteroatoms. The van der Waals surface area contributed by atoms with Crippen molar-refractivity contribution in [3.8, 4) is 0 Å². The molecule has 1 saturated carbocycles. The highest BCUT2D eigenvalue weighted by Gasteiger charge is 2.46. The number of nitrogens with one attached hydrogen (secondary N) is 3. The highest BCUT2D eigenvalue weighted by atomic mass is 35.5. The van der Waals surface area contributed by atoms with E-state index < -0.39 is 0 Å². The van der Waals surface area contributed by atoms with Gasteiger partial charge in [-0.1, -0.05) is 11.6 Å². The van der Waals surface area contributed by atoms with Crippen molar-refractivity contribution in [1.29, 1.82) is 0 Å². The third-order valence-corrected chi connectivity index (χ3v) is 6.17. The number of anilines is 3. The van der Waals surface area contributed by atoms with Crippen LogP contribution in [-0.2, 0) is 0 Å². The van der Waals surface area contributed by atoms with Gasteiger partial charge in [0.25, 0.3) is 0 Å². The summed E-state index contributed by atoms with van der Waals surface area (Å²) in [5.41, 5.74) is 1.17. The Morgan fingerprint density at radius 2 is 2.11 bits per heavy atom. The summed E-state index contributed by atoms with van der Waals surface area (Å²) in [7, 11) is 1.94. The SMILES string of the molecule is Cc1cc(Nc2nc(N(C)C3CC4(CCNCC4)CC3O)ncc2Cl)n[nH]1. The summed E-state index contributed by atoms with van der Waals surface area (Å²) in [5, 5.41) is 24.7. The van der Waals surface area contributed by atoms with Crippen molar-refractivity contribution in [1.82, 2.24) is 25.5 Å². The number of aromatic amines is 1. The van der Waals surface area contributed by atoms with Crippen LogP contribution in [0.25, 0.3) is 0 Å². The fourth-order valence-electron chi connectivity index (χ4n) is 4.37. The Hall–Kier alpha value is -1.90. The summed E-state index contributed by atoms with van der Waals surface area (Å²) >= 11 is 6.26. The standard InChI is InChI=1S/C18H26ClN7O/c1-11-7-15(25-24-11)22-16-12(19)10-21-17(23-16)26(2)13-8-18(9-14(13)27)3-5-20-6-4-18/h7,10,13-14,20,27H,3-6,8-9H2,1-2H3,(H2,21,22,23,24,25). The molecule has 1 aliphatic carbocycles. The molecule has 146 valence electrons. The summed E-state index contributed by atoms with van der Waals surface area (Å²) in [5.74, 6) is 1.70. The zero-order valence-electron chi connectivity index (χ0n) is 15.7. The molecule has 1 aliphatic heterocycles. The Morgan fingerprint density at radius 1 is 1.33 bits per heavy atom. The summed E-state index contributed by atoms with van der Waals surface area (Å²) < 4.78 is 0. The van der Waals surface area contributed by atoms with E-state index >= 15 is 0 Å². The van der Waals surface area contributed by atoms with Gasteiger partial charge >= 0.3 is 0 Å². The molecule has 0 amide bonds. The number of piperidine rings is 1. The molecule has 27 heavy (non-hydrogen) atoms. The predicted molar refractivity (Wildman–Crippen MR) is 106 cm³/mol. The predicted octanol–water partition coefficient (Wildman–Crippen LogP) is 2.23. The minimum absolute atomic E-state index is 0.00440. The van der Waals surface area contributed by atoms with Gasteiger partial charge in [-0.25, -0.2) is 4.98 Å². The van der Waals surface area contributed by atoms with Crippen molar-refractivity contribution in [2.75, 3.05) is 30.4 Å². The minimum Gasteiger partial charge on any atom is -0.391 e. The fourth-order valence-corrected chi connectivity index (χ4v) is 4.51. The van der Waals surface area contributed by atoms with Gasteiger partial charge in [0.15, 0.2) is 11.6 Å². The first-order valence-electron chi connectivity index (χ1n) is 9.39. The topological polar surface area (TPSA) is 102 Å². The number of hydrogen-bond donors (Lipinski definition) is 4. The second-order valence-corrected chi connectivity index (χ2v) is 8.24. The zero-order valence-corrected chi connectivity index (χ0v) is 16.4. The number of hydrogen-bond acceptors (Lipinski definition) is 7. The first kappa shape index (κ1) is 18.5. The lowest BCUT2D eigenvalue weighted by molar-refractivity contribution is 0.133. The monoisotopic (exact) mass is 391 g/mol. The van der Waals surface area contributed by atoms with Gasteiger partial charge in [0.1, 0.15) is 5.02 Å². The molecule has 2 unspecified atom stereocenters. The number of halogens is 1. The second-order valence-electron chi connectivity index (χ2n) is 7.83. The van der Waals surface area contributed by atoms with Crippen LogP contribution >= 0.6 is 11.6 Å². The van der Waals surface area contributed by atoms with Crippen molar-refractivity contribution in [2.24, 2.45) is 5.41 Å². The van der Waals surface area contributed by atoms with Crippen LogP contribution in [0.15, 0.2) is 12.3 Å². The number of aliphatic hydroxyl groups excluding tert-OH is 1. The van der Waals surface area contributed by atoms with Crippen LogP contribution in [0.4, 0.5) is 17.6 Å². The molecule has 1 spiro atoms. The van der Waals surface area contributed by atoms with E-state index in [1.54, 1.807) is 6.20 Å². The maximum atomic E-state index is 10.7. The van der Waals surface area contributed by atoms with Crippen LogP contribution in [0.1, 0.15) is 31.4 Å². The van der Waals surface area contributed by atoms with E-state index in [0.29, 0.717) is 22.6 Å². The molecular weight excluding hydrogens is 366 g/mol. The Bertz CT molecular complexity index is 805. The highest BCUT2D eigenvalue weighted by molar-refractivity contribution is 6.32. The highest BCUT2D eigenvalue weighted by Crippen LogP contribution is 2.47. The number of H-pyrrole nitrogens is 1. The van der Waals surface area contributed by atoms with Gasteiger partial charge in [-0.3, -0.25) is 5.10 Å². The second kappa shape index (κ2) is 7.26. The molecule has 0 radical (unpaired) electrons. The molecule has 1 saturated heterocycles. The van der Waals surface area contributed by atoms with E-state index in [2.05, 4.69) is 30.8 Å². The smallest absolute Gasteiger partial charge is 0.227 e. The van der Waals surface area contributed by atoms with E-state index in [4.69, 9.17) is 11.6 Å². The molecule has 2 aromatic heterocycles. The number of likely N-dealkylation sites (N-methyl/N-ethyl adjacent to an activating group) is 1. The maximum Gasteiger partial charge on any atom is 0.227 e. The zero-order chi connectivity index (χ0) is 19.0. The minimum atomic E-state index is -0.377. The third kappa shape index (κ3) is 3.74. The van der Waals surface area contributed by atoms with Gasteiger partial charge in [-0.05, 0) is 51.1 Å². The molecule has 0 bridgehead atoms. The van der Waals surface area contributed by atoms with E-state index in [9.17, 15) is 5.11 Å². The number of aryl methyl sites for hydroxylation is 1. The largest absolute Gasteiger partial charge is 0.391 e. The molecule has 2 aliphatic rings. The van der Waals surface area contributed by atoms with Gasteiger partial charge in [-0.2, -0.15) is 10.1 Å². The van der Waals surface area contributed by atoms with Gasteiger partial charge in [0.2, 0.25) is 5.95 Å². The van der Waals surface area contributed by atoms with Crippen LogP contribution < -0.4 is 15.5 Å². The number of aromatic nitrogens is 4. The molecule has 2 fully saturated rings. The molecule has 4 rings (SSSR count). The van der Waals surface area contributed by atoms with Crippen LogP contribution in [0.2, 0.25) is 5.02 Å². The lowest BCUT2D eigenvalue weighted by Crippen LogP contribution is -2.39. The summed E-state index contributed by atoms with van der Waals surface area (Å²) in [6, 6.07) is 1.88. The summed E-state index contributed by atoms with van der Waals surface area (Å²) in [6.45, 7) is 3.98. The van der Waals surface area contributed by atoms with Gasteiger partial charge in [-0.15, -0.1) is 0 Å². The summed E-state index contributed by atoms with van der Waals surface area (Å²) in [4.78, 5) is 11.0. The van der Waals surface area contributed by atoms with Gasteiger partial charge in [0.05, 0.1) is 18.3 Å². The molecule has 8 nitrogen and oxygen atoms in total. The van der Waals surface area contributed by atoms with Crippen molar-refractivity contribution in [3.63, 3.8) is 0 Å². The van der Waals surface area contributed by atoms with Crippen LogP contribution in [0.3, 0.4) is 0 Å². The molecule has 2 atom stereocenters. The van der Waals surface area contributed by atoms with Crippen molar-refractivity contribution < 1.29 is 5.11 Å². The van der Waals surface area contributed by atoms with Crippen molar-refractivity contribution >= 4 is 29.2 Å². The number of aliphatic hydroxyl groups is 1. The first-order chi connectivity index (χ1) is 13.0. The Kier molecular flexibility index (Phi) is 4.96. The van der Waals surface area contributed by atoms with Crippen molar-refractivity contribution in [2.45, 2.75) is 44.8 Å². The van der Waals surface area contributed by atoms with Crippen LogP contribution in [0.5, 0.6) is 0 Å². The van der Waals surface area contributed by atoms with E-state index in [0.717, 1.165) is 44.5 Å². The Morgan fingerprint density at radius 3 is 2.81 bits per heavy atom. The number of nitrogens with zero attached hydrogens (tertiary/aromatic N) is 4. The van der Waals surface area contributed by atoms with Crippen LogP contribution in [0, 0.1) is 12.3 Å². The normalized spacial score (nSPS) is 24.3. The van der Waals surface area contributed by atoms with Gasteiger partial charge in [0, 0.05) is 18.8 Å². The van der Waals surface area contributed by atoms with E-state index in [1.807, 2.05) is 24.9 Å². The maximum absolute atomic E-state index is 10.7. The van der Waals surface area contributed by atoms with Crippen LogP contribution in [-0.4, -0.2) is 57.6 Å². The quantitative estimate of drug-likeness (QED) is 0.633. The van der Waals surface area contributed by atoms with E-state index in [1.165, 1.54) is 0 Å². The van der Waals surface area contributed by atoms with Gasteiger partial charge < -0.3 is 20.6 Å². The average molecular weight is 392 g/mol. The lowest BCUT2D eigenvalue weighted by atomic mass is 9.77. The molecule has 0 aromatic carbocycles. The Labute approximate surface area is 163 Å². The average Bonchev–Trinajstić information content (AvgIpc) is 3.20. The molecular formula is C18H26ClN7O. The molecule has 3 heterocycles. The molecule has 2 aromatic rings. The summed E-state index contributed by atoms with van der Waals surface area (Å²) in [6.07, 6.45) is 5.23. The Balaban J connectivity index is 1.53. The van der Waals surface area contributed by atoms with E-state index in [-0.39, 0.29) is 17.6 Å². The lowest BCUT2D eigenvalue weighted by Gasteiger charge is -2.34. The fraction of sp³-hybridized carbons (Fsp3) is 0.611. The molecule has 4 N–H and O–H groups in total.